The summed E-state index contributed by atoms with van der Waals surface area (Å²) in [5.41, 5.74) is 0. The van der Waals surface area contributed by atoms with Crippen molar-refractivity contribution in [1.29, 1.82) is 0 Å². The minimum Gasteiger partial charge on any atom is -0.450 e. The van der Waals surface area contributed by atoms with Crippen molar-refractivity contribution in [1.82, 2.24) is 5.32 Å². The number of hydrogen-bond donors (Lipinski definition) is 1. The minimum atomic E-state index is -3.47. The number of carbonyl (C=O) groups is 1. The molecule has 0 aliphatic carbocycles. The Balaban J connectivity index is 3.70. The third-order valence-corrected chi connectivity index (χ3v) is 2.19. The van der Waals surface area contributed by atoms with Crippen LogP contribution in [0.5, 0.6) is 0 Å². The van der Waals surface area contributed by atoms with Crippen LogP contribution in [-0.2, 0) is 19.0 Å². The predicted molar refractivity (Wildman–Crippen MR) is 59.6 cm³/mol. The highest BCUT2D eigenvalue weighted by atomic mass is 32.2. The smallest absolute Gasteiger partial charge is 0.407 e. The van der Waals surface area contributed by atoms with E-state index in [9.17, 15) is 13.2 Å². The van der Waals surface area contributed by atoms with Gasteiger partial charge in [-0.15, -0.1) is 0 Å². The van der Waals surface area contributed by atoms with Crippen LogP contribution in [0, 0.1) is 0 Å². The first-order valence-corrected chi connectivity index (χ1v) is 6.94. The molecular weight excluding hydrogens is 234 g/mol. The molecule has 0 radical (unpaired) electrons. The van der Waals surface area contributed by atoms with Crippen LogP contribution in [0.25, 0.3) is 0 Å². The Bertz CT molecular complexity index is 301. The molecule has 6 nitrogen and oxygen atoms in total. The van der Waals surface area contributed by atoms with Crippen molar-refractivity contribution >= 4 is 16.2 Å². The van der Waals surface area contributed by atoms with Crippen LogP contribution in [0.2, 0.25) is 0 Å². The summed E-state index contributed by atoms with van der Waals surface area (Å²) in [5.74, 6) is 0. The average Bonchev–Trinajstić information content (AvgIpc) is 2.14. The van der Waals surface area contributed by atoms with E-state index in [4.69, 9.17) is 4.74 Å². The number of ether oxygens (including phenoxy) is 1. The molecule has 0 aliphatic heterocycles. The van der Waals surface area contributed by atoms with Gasteiger partial charge in [-0.25, -0.2) is 4.79 Å². The molecule has 0 saturated heterocycles. The van der Waals surface area contributed by atoms with Crippen LogP contribution < -0.4 is 5.32 Å². The normalized spacial score (nSPS) is 13.2. The van der Waals surface area contributed by atoms with E-state index in [2.05, 4.69) is 9.50 Å². The van der Waals surface area contributed by atoms with Crippen LogP contribution in [0.4, 0.5) is 4.79 Å². The van der Waals surface area contributed by atoms with E-state index in [1.807, 2.05) is 6.92 Å². The maximum atomic E-state index is 11.1. The number of hydrogen-bond acceptors (Lipinski definition) is 5. The maximum absolute atomic E-state index is 11.1. The Labute approximate surface area is 96.4 Å². The molecule has 0 fully saturated rings. The monoisotopic (exact) mass is 253 g/mol. The van der Waals surface area contributed by atoms with Crippen LogP contribution in [-0.4, -0.2) is 40.0 Å². The molecule has 0 aliphatic rings. The van der Waals surface area contributed by atoms with Gasteiger partial charge >= 0.3 is 6.09 Å². The van der Waals surface area contributed by atoms with E-state index in [0.29, 0.717) is 6.61 Å². The number of carbonyl (C=O) groups excluding carboxylic acids is 1. The van der Waals surface area contributed by atoms with E-state index in [-0.39, 0.29) is 6.61 Å². The molecule has 16 heavy (non-hydrogen) atoms. The fourth-order valence-corrected chi connectivity index (χ4v) is 1.27. The second-order valence-corrected chi connectivity index (χ2v) is 5.17. The Kier molecular flexibility index (Phi) is 7.07. The zero-order chi connectivity index (χ0) is 12.6. The van der Waals surface area contributed by atoms with Gasteiger partial charge in [-0.3, -0.25) is 4.18 Å². The summed E-state index contributed by atoms with van der Waals surface area (Å²) in [6.07, 6.45) is 2.15. The second kappa shape index (κ2) is 7.45. The molecule has 0 heterocycles. The molecule has 96 valence electrons. The number of nitrogens with one attached hydrogen (secondary N) is 1. The number of amides is 1. The minimum absolute atomic E-state index is 0.0955. The van der Waals surface area contributed by atoms with Crippen molar-refractivity contribution in [3.05, 3.63) is 0 Å². The lowest BCUT2D eigenvalue weighted by atomic mass is 10.4. The highest BCUT2D eigenvalue weighted by Gasteiger charge is 2.11. The fraction of sp³-hybridized carbons (Fsp3) is 0.889. The summed E-state index contributed by atoms with van der Waals surface area (Å²) >= 11 is 0. The van der Waals surface area contributed by atoms with Gasteiger partial charge in [0.05, 0.1) is 25.5 Å². The quantitative estimate of drug-likeness (QED) is 0.538. The van der Waals surface area contributed by atoms with Gasteiger partial charge in [-0.05, 0) is 13.3 Å². The van der Waals surface area contributed by atoms with Crippen LogP contribution in [0.3, 0.4) is 0 Å². The van der Waals surface area contributed by atoms with Crippen molar-refractivity contribution in [3.8, 4) is 0 Å². The van der Waals surface area contributed by atoms with Crippen LogP contribution >= 0.6 is 0 Å². The van der Waals surface area contributed by atoms with Crippen molar-refractivity contribution in [2.45, 2.75) is 32.7 Å². The number of rotatable bonds is 7. The third-order valence-electron chi connectivity index (χ3n) is 1.63. The summed E-state index contributed by atoms with van der Waals surface area (Å²) in [5, 5.41) is 2.46. The highest BCUT2D eigenvalue weighted by molar-refractivity contribution is 7.85. The van der Waals surface area contributed by atoms with Gasteiger partial charge in [-0.1, -0.05) is 13.3 Å². The van der Waals surface area contributed by atoms with Gasteiger partial charge in [0.15, 0.2) is 0 Å². The molecule has 1 atom stereocenters. The molecule has 0 aromatic heterocycles. The zero-order valence-electron chi connectivity index (χ0n) is 9.86. The zero-order valence-corrected chi connectivity index (χ0v) is 10.7. The molecular formula is C9H19NO5S. The lowest BCUT2D eigenvalue weighted by molar-refractivity contribution is 0.137. The first-order chi connectivity index (χ1) is 7.35. The molecule has 0 aromatic rings. The Morgan fingerprint density at radius 1 is 1.44 bits per heavy atom. The topological polar surface area (TPSA) is 81.7 Å². The first-order valence-electron chi connectivity index (χ1n) is 5.13. The molecule has 1 unspecified atom stereocenters. The summed E-state index contributed by atoms with van der Waals surface area (Å²) < 4.78 is 30.7. The first kappa shape index (κ1) is 15.2. The van der Waals surface area contributed by atoms with E-state index >= 15 is 0 Å². The predicted octanol–water partition coefficient (Wildman–Crippen LogP) is 0.877. The number of unbranched alkanes of at least 4 members (excludes halogenated alkanes) is 1. The van der Waals surface area contributed by atoms with Crippen LogP contribution in [0.1, 0.15) is 26.7 Å². The average molecular weight is 253 g/mol. The van der Waals surface area contributed by atoms with E-state index in [1.54, 1.807) is 6.92 Å². The van der Waals surface area contributed by atoms with E-state index < -0.39 is 22.3 Å². The van der Waals surface area contributed by atoms with Gasteiger partial charge in [0.2, 0.25) is 0 Å². The SMILES string of the molecule is CCCCOC(=O)NC(C)COS(C)(=O)=O. The lowest BCUT2D eigenvalue weighted by Crippen LogP contribution is -2.36. The molecule has 0 spiro atoms. The molecule has 1 amide bonds. The molecule has 7 heteroatoms. The maximum Gasteiger partial charge on any atom is 0.407 e. The molecule has 1 N–H and O–H groups in total. The van der Waals surface area contributed by atoms with E-state index in [1.165, 1.54) is 0 Å². The van der Waals surface area contributed by atoms with Gasteiger partial charge in [0.25, 0.3) is 10.1 Å². The largest absolute Gasteiger partial charge is 0.450 e. The Morgan fingerprint density at radius 3 is 2.56 bits per heavy atom. The Hall–Kier alpha value is -0.820. The van der Waals surface area contributed by atoms with Crippen molar-refractivity contribution in [2.24, 2.45) is 0 Å². The van der Waals surface area contributed by atoms with Crippen molar-refractivity contribution < 1.29 is 22.1 Å². The van der Waals surface area contributed by atoms with Gasteiger partial charge < -0.3 is 10.1 Å². The van der Waals surface area contributed by atoms with Crippen LogP contribution in [0.15, 0.2) is 0 Å². The summed E-state index contributed by atoms with van der Waals surface area (Å²) in [7, 11) is -3.47. The van der Waals surface area contributed by atoms with Gasteiger partial charge in [-0.2, -0.15) is 8.42 Å². The molecule has 0 saturated carbocycles. The molecule has 0 aromatic carbocycles. The standard InChI is InChI=1S/C9H19NO5S/c1-4-5-6-14-9(11)10-8(2)7-15-16(3,12)13/h8H,4-7H2,1-3H3,(H,10,11). The molecule has 0 bridgehead atoms. The summed E-state index contributed by atoms with van der Waals surface area (Å²) in [4.78, 5) is 11.1. The number of alkyl carbamates (subject to hydrolysis) is 1. The third kappa shape index (κ3) is 9.72. The van der Waals surface area contributed by atoms with Crippen molar-refractivity contribution in [2.75, 3.05) is 19.5 Å². The Morgan fingerprint density at radius 2 is 2.06 bits per heavy atom. The summed E-state index contributed by atoms with van der Waals surface area (Å²) in [6, 6.07) is -0.413. The summed E-state index contributed by atoms with van der Waals surface area (Å²) in [6.45, 7) is 3.89. The lowest BCUT2D eigenvalue weighted by Gasteiger charge is -2.13. The van der Waals surface area contributed by atoms with Gasteiger partial charge in [0.1, 0.15) is 0 Å². The fourth-order valence-electron chi connectivity index (χ4n) is 0.819. The van der Waals surface area contributed by atoms with Crippen molar-refractivity contribution in [3.63, 3.8) is 0 Å². The van der Waals surface area contributed by atoms with E-state index in [0.717, 1.165) is 19.1 Å². The molecule has 0 rings (SSSR count). The van der Waals surface area contributed by atoms with Gasteiger partial charge in [0, 0.05) is 0 Å². The highest BCUT2D eigenvalue weighted by Crippen LogP contribution is 1.93. The second-order valence-electron chi connectivity index (χ2n) is 3.52.